The first kappa shape index (κ1) is 20.6. The molecule has 0 bridgehead atoms. The summed E-state index contributed by atoms with van der Waals surface area (Å²) in [6.45, 7) is 6.38. The monoisotopic (exact) mass is 384 g/mol. The van der Waals surface area contributed by atoms with E-state index >= 15 is 0 Å². The molecule has 0 saturated heterocycles. The molecule has 26 heavy (non-hydrogen) atoms. The van der Waals surface area contributed by atoms with Gasteiger partial charge in [-0.15, -0.1) is 31.4 Å². The van der Waals surface area contributed by atoms with Crippen molar-refractivity contribution in [1.29, 1.82) is 0 Å². The predicted molar refractivity (Wildman–Crippen MR) is 118 cm³/mol. The normalized spacial score (nSPS) is 15.8. The minimum Gasteiger partial charge on any atom is -0.147 e. The smallest absolute Gasteiger partial charge is 0.0145 e. The lowest BCUT2D eigenvalue weighted by Crippen LogP contribution is -2.26. The van der Waals surface area contributed by atoms with E-state index < -0.39 is 0 Å². The van der Waals surface area contributed by atoms with E-state index in [-0.39, 0.29) is 30.2 Å². The molecule has 0 saturated carbocycles. The molecule has 0 N–H and O–H groups in total. The van der Waals surface area contributed by atoms with Crippen molar-refractivity contribution >= 4 is 24.8 Å². The minimum atomic E-state index is 0. The second kappa shape index (κ2) is 8.29. The summed E-state index contributed by atoms with van der Waals surface area (Å²) < 4.78 is 0. The van der Waals surface area contributed by atoms with E-state index in [1.807, 2.05) is 0 Å². The fourth-order valence-electron chi connectivity index (χ4n) is 4.39. The molecule has 2 aromatic carbocycles. The van der Waals surface area contributed by atoms with Crippen molar-refractivity contribution in [2.45, 2.75) is 38.0 Å². The maximum absolute atomic E-state index is 3.95. The number of rotatable bonds is 5. The van der Waals surface area contributed by atoms with E-state index in [1.165, 1.54) is 33.4 Å². The van der Waals surface area contributed by atoms with Gasteiger partial charge in [0.15, 0.2) is 0 Å². The molecule has 0 heterocycles. The zero-order valence-corrected chi connectivity index (χ0v) is 16.8. The average Bonchev–Trinajstić information content (AvgIpc) is 3.27. The van der Waals surface area contributed by atoms with Gasteiger partial charge in [-0.2, -0.15) is 0 Å². The van der Waals surface area contributed by atoms with E-state index in [0.29, 0.717) is 0 Å². The summed E-state index contributed by atoms with van der Waals surface area (Å²) in [7, 11) is 0. The Labute approximate surface area is 169 Å². The van der Waals surface area contributed by atoms with E-state index in [9.17, 15) is 0 Å². The zero-order chi connectivity index (χ0) is 16.6. The molecule has 0 amide bonds. The third-order valence-corrected chi connectivity index (χ3v) is 5.77. The average molecular weight is 385 g/mol. The molecule has 4 rings (SSSR count). The van der Waals surface area contributed by atoms with Gasteiger partial charge in [-0.3, -0.25) is 0 Å². The third-order valence-electron chi connectivity index (χ3n) is 5.77. The van der Waals surface area contributed by atoms with Crippen LogP contribution in [0, 0.1) is 0 Å². The van der Waals surface area contributed by atoms with E-state index in [1.54, 1.807) is 0 Å². The van der Waals surface area contributed by atoms with Crippen LogP contribution in [0.2, 0.25) is 0 Å². The SMILES string of the molecule is C=CCCC(C)(C1=CC=CC1)c1cccc2c1Cc1ccccc1-2.Cl.Cl. The van der Waals surface area contributed by atoms with Crippen molar-refractivity contribution in [3.05, 3.63) is 95.6 Å². The highest BCUT2D eigenvalue weighted by Crippen LogP contribution is 2.47. The summed E-state index contributed by atoms with van der Waals surface area (Å²) in [6.07, 6.45) is 13.2. The summed E-state index contributed by atoms with van der Waals surface area (Å²) >= 11 is 0. The second-order valence-corrected chi connectivity index (χ2v) is 7.15. The lowest BCUT2D eigenvalue weighted by Gasteiger charge is -2.34. The summed E-state index contributed by atoms with van der Waals surface area (Å²) in [4.78, 5) is 0. The Hall–Kier alpha value is -1.76. The number of benzene rings is 2. The Morgan fingerprint density at radius 2 is 1.81 bits per heavy atom. The molecule has 2 heteroatoms. The Balaban J connectivity index is 0.00000121. The van der Waals surface area contributed by atoms with Crippen LogP contribution in [0.3, 0.4) is 0 Å². The molecule has 1 unspecified atom stereocenters. The van der Waals surface area contributed by atoms with E-state index in [0.717, 1.165) is 25.7 Å². The van der Waals surface area contributed by atoms with Crippen LogP contribution >= 0.6 is 24.8 Å². The van der Waals surface area contributed by atoms with Crippen LogP contribution < -0.4 is 0 Å². The molecular weight excluding hydrogens is 359 g/mol. The van der Waals surface area contributed by atoms with Gasteiger partial charge >= 0.3 is 0 Å². The second-order valence-electron chi connectivity index (χ2n) is 7.15. The van der Waals surface area contributed by atoms with Crippen molar-refractivity contribution in [3.8, 4) is 11.1 Å². The zero-order valence-electron chi connectivity index (χ0n) is 15.2. The van der Waals surface area contributed by atoms with Gasteiger partial charge in [-0.25, -0.2) is 0 Å². The maximum Gasteiger partial charge on any atom is 0.0145 e. The van der Waals surface area contributed by atoms with Crippen molar-refractivity contribution in [2.24, 2.45) is 0 Å². The Morgan fingerprint density at radius 1 is 1.04 bits per heavy atom. The van der Waals surface area contributed by atoms with E-state index in [2.05, 4.69) is 80.3 Å². The van der Waals surface area contributed by atoms with Crippen LogP contribution in [0.15, 0.2) is 78.9 Å². The Bertz CT molecular complexity index is 860. The largest absolute Gasteiger partial charge is 0.147 e. The summed E-state index contributed by atoms with van der Waals surface area (Å²) in [5.74, 6) is 0. The fourth-order valence-corrected chi connectivity index (χ4v) is 4.39. The molecule has 0 aromatic heterocycles. The quantitative estimate of drug-likeness (QED) is 0.407. The van der Waals surface area contributed by atoms with E-state index in [4.69, 9.17) is 0 Å². The van der Waals surface area contributed by atoms with Gasteiger partial charge in [0, 0.05) is 5.41 Å². The topological polar surface area (TPSA) is 0 Å². The van der Waals surface area contributed by atoms with Crippen molar-refractivity contribution < 1.29 is 0 Å². The Morgan fingerprint density at radius 3 is 2.54 bits per heavy atom. The number of halogens is 2. The predicted octanol–water partition coefficient (Wildman–Crippen LogP) is 7.21. The standard InChI is InChI=1S/C24H24.2ClH/c1-3-4-16-24(2,19-11-6-7-12-19)23-15-9-14-21-20-13-8-5-10-18(20)17-22(21)23;;/h3,5-11,13-15H,1,4,12,16-17H2,2H3;2*1H. The number of hydrogen-bond donors (Lipinski definition) is 0. The Kier molecular flexibility index (Phi) is 6.55. The maximum atomic E-state index is 3.95. The van der Waals surface area contributed by atoms with Crippen LogP contribution in [-0.2, 0) is 11.8 Å². The van der Waals surface area contributed by atoms with Gasteiger partial charge in [0.1, 0.15) is 0 Å². The summed E-state index contributed by atoms with van der Waals surface area (Å²) in [6, 6.07) is 15.7. The van der Waals surface area contributed by atoms with Gasteiger partial charge in [-0.1, -0.05) is 79.3 Å². The fraction of sp³-hybridized carbons (Fsp3) is 0.250. The number of hydrogen-bond acceptors (Lipinski definition) is 0. The van der Waals surface area contributed by atoms with Crippen LogP contribution in [0.1, 0.15) is 42.9 Å². The van der Waals surface area contributed by atoms with Gasteiger partial charge in [0.05, 0.1) is 0 Å². The molecule has 1 atom stereocenters. The molecule has 0 fully saturated rings. The number of fused-ring (bicyclic) bond motifs is 3. The van der Waals surface area contributed by atoms with Gasteiger partial charge in [0.2, 0.25) is 0 Å². The van der Waals surface area contributed by atoms with Crippen molar-refractivity contribution in [2.75, 3.05) is 0 Å². The van der Waals surface area contributed by atoms with Crippen LogP contribution in [0.5, 0.6) is 0 Å². The van der Waals surface area contributed by atoms with Crippen LogP contribution in [0.25, 0.3) is 11.1 Å². The first-order valence-electron chi connectivity index (χ1n) is 8.92. The van der Waals surface area contributed by atoms with Gasteiger partial charge in [0.25, 0.3) is 0 Å². The molecule has 136 valence electrons. The summed E-state index contributed by atoms with van der Waals surface area (Å²) in [5, 5.41) is 0. The van der Waals surface area contributed by atoms with Crippen LogP contribution in [-0.4, -0.2) is 0 Å². The first-order valence-corrected chi connectivity index (χ1v) is 8.92. The first-order chi connectivity index (χ1) is 11.7. The molecule has 0 spiro atoms. The molecule has 0 aliphatic heterocycles. The third kappa shape index (κ3) is 3.29. The molecule has 2 aliphatic carbocycles. The highest BCUT2D eigenvalue weighted by molar-refractivity contribution is 5.85. The molecule has 0 radical (unpaired) electrons. The highest BCUT2D eigenvalue weighted by atomic mass is 35.5. The molecule has 2 aromatic rings. The molecular formula is C24H26Cl2. The number of allylic oxidation sites excluding steroid dienone is 5. The lowest BCUT2D eigenvalue weighted by molar-refractivity contribution is 0.504. The molecule has 0 nitrogen and oxygen atoms in total. The lowest BCUT2D eigenvalue weighted by atomic mass is 9.70. The van der Waals surface area contributed by atoms with Crippen molar-refractivity contribution in [1.82, 2.24) is 0 Å². The highest BCUT2D eigenvalue weighted by Gasteiger charge is 2.34. The van der Waals surface area contributed by atoms with Crippen molar-refractivity contribution in [3.63, 3.8) is 0 Å². The van der Waals surface area contributed by atoms with Gasteiger partial charge in [-0.05, 0) is 53.5 Å². The van der Waals surface area contributed by atoms with Crippen LogP contribution in [0.4, 0.5) is 0 Å². The molecule has 2 aliphatic rings. The minimum absolute atomic E-state index is 0. The van der Waals surface area contributed by atoms with Gasteiger partial charge < -0.3 is 0 Å². The summed E-state index contributed by atoms with van der Waals surface area (Å²) in [5.41, 5.74) is 8.97.